The summed E-state index contributed by atoms with van der Waals surface area (Å²) in [6.07, 6.45) is 12.3. The quantitative estimate of drug-likeness (QED) is 0.184. The summed E-state index contributed by atoms with van der Waals surface area (Å²) in [5, 5.41) is 3.32. The average molecular weight is 468 g/mol. The standard InChI is InChI=1S/C22H27BrS3/c23-16-8-6-4-2-1-3-5-7-10-18-12-13-21(25-18)22-15-14-20(26-22)19-11-9-17-24-19/h9,11-15,17H,1-8,10,16H2. The first kappa shape index (κ1) is 20.3. The topological polar surface area (TPSA) is 0 Å². The van der Waals surface area contributed by atoms with Crippen molar-refractivity contribution in [3.8, 4) is 19.5 Å². The average Bonchev–Trinajstić information content (AvgIpc) is 3.40. The van der Waals surface area contributed by atoms with Crippen LogP contribution in [0, 0.1) is 0 Å². The van der Waals surface area contributed by atoms with Gasteiger partial charge in [-0.2, -0.15) is 0 Å². The Morgan fingerprint density at radius 3 is 1.92 bits per heavy atom. The highest BCUT2D eigenvalue weighted by atomic mass is 79.9. The van der Waals surface area contributed by atoms with Crippen molar-refractivity contribution in [2.75, 3.05) is 5.33 Å². The number of hydrogen-bond donors (Lipinski definition) is 0. The minimum Gasteiger partial charge on any atom is -0.143 e. The molecule has 0 nitrogen and oxygen atoms in total. The maximum Gasteiger partial charge on any atom is 0.0449 e. The lowest BCUT2D eigenvalue weighted by Gasteiger charge is -2.01. The predicted molar refractivity (Wildman–Crippen MR) is 125 cm³/mol. The van der Waals surface area contributed by atoms with E-state index in [9.17, 15) is 0 Å². The van der Waals surface area contributed by atoms with Gasteiger partial charge in [-0.15, -0.1) is 34.0 Å². The van der Waals surface area contributed by atoms with Gasteiger partial charge >= 0.3 is 0 Å². The summed E-state index contributed by atoms with van der Waals surface area (Å²) in [4.78, 5) is 7.16. The highest BCUT2D eigenvalue weighted by molar-refractivity contribution is 9.09. The van der Waals surface area contributed by atoms with E-state index in [-0.39, 0.29) is 0 Å². The Kier molecular flexibility index (Phi) is 8.93. The lowest BCUT2D eigenvalue weighted by Crippen LogP contribution is -1.84. The maximum absolute atomic E-state index is 3.50. The Labute approximate surface area is 178 Å². The number of rotatable bonds is 12. The Morgan fingerprint density at radius 1 is 0.615 bits per heavy atom. The molecule has 0 saturated heterocycles. The molecule has 0 N–H and O–H groups in total. The maximum atomic E-state index is 3.50. The number of halogens is 1. The van der Waals surface area contributed by atoms with Gasteiger partial charge in [-0.05, 0) is 55.0 Å². The van der Waals surface area contributed by atoms with Crippen LogP contribution in [0.15, 0.2) is 41.8 Å². The second-order valence-electron chi connectivity index (χ2n) is 6.67. The summed E-state index contributed by atoms with van der Waals surface area (Å²) in [6.45, 7) is 0. The predicted octanol–water partition coefficient (Wildman–Crippen LogP) is 9.26. The molecule has 0 radical (unpaired) electrons. The third-order valence-electron chi connectivity index (χ3n) is 4.58. The van der Waals surface area contributed by atoms with Gasteiger partial charge in [0.2, 0.25) is 0 Å². The van der Waals surface area contributed by atoms with E-state index in [4.69, 9.17) is 0 Å². The van der Waals surface area contributed by atoms with Crippen molar-refractivity contribution >= 4 is 49.9 Å². The van der Waals surface area contributed by atoms with Gasteiger partial charge in [0, 0.05) is 29.7 Å². The summed E-state index contributed by atoms with van der Waals surface area (Å²) in [6, 6.07) is 13.5. The molecule has 26 heavy (non-hydrogen) atoms. The largest absolute Gasteiger partial charge is 0.143 e. The van der Waals surface area contributed by atoms with E-state index in [1.807, 2.05) is 34.0 Å². The second-order valence-corrected chi connectivity index (χ2v) is 10.7. The Hall–Kier alpha value is -0.420. The molecule has 140 valence electrons. The molecule has 3 heterocycles. The molecule has 0 aliphatic rings. The van der Waals surface area contributed by atoms with Crippen molar-refractivity contribution in [1.82, 2.24) is 0 Å². The number of unbranched alkanes of at least 4 members (excludes halogenated alkanes) is 7. The van der Waals surface area contributed by atoms with Crippen LogP contribution in [0.5, 0.6) is 0 Å². The smallest absolute Gasteiger partial charge is 0.0449 e. The van der Waals surface area contributed by atoms with Gasteiger partial charge < -0.3 is 0 Å². The molecule has 0 amide bonds. The van der Waals surface area contributed by atoms with Gasteiger partial charge in [0.15, 0.2) is 0 Å². The molecule has 4 heteroatoms. The van der Waals surface area contributed by atoms with Crippen LogP contribution in [-0.2, 0) is 6.42 Å². The van der Waals surface area contributed by atoms with Crippen LogP contribution < -0.4 is 0 Å². The van der Waals surface area contributed by atoms with Crippen LogP contribution in [0.2, 0.25) is 0 Å². The molecule has 0 saturated carbocycles. The molecule has 0 atom stereocenters. The van der Waals surface area contributed by atoms with Crippen molar-refractivity contribution in [3.63, 3.8) is 0 Å². The fourth-order valence-corrected chi connectivity index (χ4v) is 6.50. The van der Waals surface area contributed by atoms with E-state index in [2.05, 4.69) is 57.7 Å². The lowest BCUT2D eigenvalue weighted by atomic mass is 10.1. The molecule has 0 spiro atoms. The highest BCUT2D eigenvalue weighted by Gasteiger charge is 2.08. The molecule has 0 aliphatic carbocycles. The Morgan fingerprint density at radius 2 is 1.23 bits per heavy atom. The first-order valence-corrected chi connectivity index (χ1v) is 13.3. The Balaban J connectivity index is 1.37. The van der Waals surface area contributed by atoms with Gasteiger partial charge in [-0.25, -0.2) is 0 Å². The monoisotopic (exact) mass is 466 g/mol. The van der Waals surface area contributed by atoms with Crippen LogP contribution in [0.3, 0.4) is 0 Å². The van der Waals surface area contributed by atoms with Gasteiger partial charge in [0.1, 0.15) is 0 Å². The summed E-state index contributed by atoms with van der Waals surface area (Å²) in [5.74, 6) is 0. The molecule has 0 aliphatic heterocycles. The minimum atomic E-state index is 1.16. The van der Waals surface area contributed by atoms with Crippen LogP contribution >= 0.6 is 49.9 Å². The van der Waals surface area contributed by atoms with Crippen molar-refractivity contribution in [2.45, 2.75) is 57.8 Å². The molecule has 0 unspecified atom stereocenters. The summed E-state index contributed by atoms with van der Waals surface area (Å²) in [5.41, 5.74) is 0. The summed E-state index contributed by atoms with van der Waals surface area (Å²) < 4.78 is 0. The first-order chi connectivity index (χ1) is 12.9. The number of alkyl halides is 1. The van der Waals surface area contributed by atoms with Crippen molar-refractivity contribution in [3.05, 3.63) is 46.7 Å². The van der Waals surface area contributed by atoms with E-state index in [1.165, 1.54) is 77.3 Å². The highest BCUT2D eigenvalue weighted by Crippen LogP contribution is 2.39. The first-order valence-electron chi connectivity index (χ1n) is 9.65. The molecule has 0 bridgehead atoms. The lowest BCUT2D eigenvalue weighted by molar-refractivity contribution is 0.578. The normalized spacial score (nSPS) is 11.3. The van der Waals surface area contributed by atoms with E-state index in [0.29, 0.717) is 0 Å². The van der Waals surface area contributed by atoms with Crippen molar-refractivity contribution in [1.29, 1.82) is 0 Å². The van der Waals surface area contributed by atoms with Gasteiger partial charge in [0.25, 0.3) is 0 Å². The molecular weight excluding hydrogens is 440 g/mol. The molecule has 0 aromatic carbocycles. The summed E-state index contributed by atoms with van der Waals surface area (Å²) >= 11 is 9.23. The number of hydrogen-bond acceptors (Lipinski definition) is 3. The van der Waals surface area contributed by atoms with Crippen molar-refractivity contribution < 1.29 is 0 Å². The van der Waals surface area contributed by atoms with Crippen LogP contribution in [0.4, 0.5) is 0 Å². The van der Waals surface area contributed by atoms with Crippen LogP contribution in [-0.4, -0.2) is 5.33 Å². The van der Waals surface area contributed by atoms with Gasteiger partial charge in [0.05, 0.1) is 0 Å². The molecular formula is C22H27BrS3. The van der Waals surface area contributed by atoms with Gasteiger partial charge in [-0.1, -0.05) is 60.5 Å². The number of thiophene rings is 3. The zero-order valence-corrected chi connectivity index (χ0v) is 19.3. The van der Waals surface area contributed by atoms with E-state index in [0.717, 1.165) is 5.33 Å². The molecule has 0 fully saturated rings. The van der Waals surface area contributed by atoms with E-state index < -0.39 is 0 Å². The van der Waals surface area contributed by atoms with Crippen LogP contribution in [0.25, 0.3) is 19.5 Å². The molecule has 3 aromatic heterocycles. The molecule has 3 aromatic rings. The SMILES string of the molecule is BrCCCCCCCCCCc1ccc(-c2ccc(-c3cccs3)s2)s1. The Bertz CT molecular complexity index is 739. The fraction of sp³-hybridized carbons (Fsp3) is 0.455. The van der Waals surface area contributed by atoms with E-state index >= 15 is 0 Å². The third kappa shape index (κ3) is 6.33. The minimum absolute atomic E-state index is 1.16. The molecule has 3 rings (SSSR count). The van der Waals surface area contributed by atoms with Crippen molar-refractivity contribution in [2.24, 2.45) is 0 Å². The second kappa shape index (κ2) is 11.4. The zero-order chi connectivity index (χ0) is 18.0. The fourth-order valence-electron chi connectivity index (χ4n) is 3.12. The van der Waals surface area contributed by atoms with Crippen LogP contribution in [0.1, 0.15) is 56.2 Å². The number of aryl methyl sites for hydroxylation is 1. The zero-order valence-electron chi connectivity index (χ0n) is 15.2. The summed E-state index contributed by atoms with van der Waals surface area (Å²) in [7, 11) is 0. The van der Waals surface area contributed by atoms with E-state index in [1.54, 1.807) is 4.88 Å². The van der Waals surface area contributed by atoms with Gasteiger partial charge in [-0.3, -0.25) is 0 Å². The third-order valence-corrected chi connectivity index (χ3v) is 8.63.